The van der Waals surface area contributed by atoms with Crippen molar-refractivity contribution in [1.82, 2.24) is 25.6 Å². The van der Waals surface area contributed by atoms with Gasteiger partial charge < -0.3 is 8.92 Å². The zero-order chi connectivity index (χ0) is 25.5. The van der Waals surface area contributed by atoms with E-state index in [0.717, 1.165) is 34.6 Å². The van der Waals surface area contributed by atoms with Gasteiger partial charge >= 0.3 is 10.1 Å². The number of ether oxygens (including phenoxy) is 1. The first kappa shape index (κ1) is 24.5. The molecular weight excluding hydrogens is 491 g/mol. The second-order valence-electron chi connectivity index (χ2n) is 7.20. The number of methoxy groups -OCH3 is 1. The first-order chi connectivity index (χ1) is 17.3. The molecule has 0 atom stereocenters. The largest absolute Gasteiger partial charge is 0.493 e. The number of tetrazole rings is 1. The lowest BCUT2D eigenvalue weighted by Gasteiger charge is -2.11. The third-order valence-corrected chi connectivity index (χ3v) is 5.91. The third-order valence-electron chi connectivity index (χ3n) is 4.66. The van der Waals surface area contributed by atoms with E-state index in [0.29, 0.717) is 11.4 Å². The fourth-order valence-corrected chi connectivity index (χ4v) is 3.90. The number of carbonyl (C=O) groups is 1. The molecule has 0 bridgehead atoms. The van der Waals surface area contributed by atoms with Gasteiger partial charge in [-0.1, -0.05) is 30.3 Å². The molecule has 0 aliphatic heterocycles. The minimum absolute atomic E-state index is 0.0745. The highest BCUT2D eigenvalue weighted by molar-refractivity contribution is 7.87. The van der Waals surface area contributed by atoms with Crippen molar-refractivity contribution < 1.29 is 26.5 Å². The molecule has 1 aromatic heterocycles. The maximum absolute atomic E-state index is 13.1. The summed E-state index contributed by atoms with van der Waals surface area (Å²) >= 11 is 0. The summed E-state index contributed by atoms with van der Waals surface area (Å²) in [5.41, 5.74) is 3.61. The van der Waals surface area contributed by atoms with E-state index < -0.39 is 21.8 Å². The number of rotatable bonds is 9. The summed E-state index contributed by atoms with van der Waals surface area (Å²) in [6, 6.07) is 17.8. The lowest BCUT2D eigenvalue weighted by molar-refractivity contribution is -0.122. The number of benzene rings is 3. The van der Waals surface area contributed by atoms with Gasteiger partial charge in [-0.25, -0.2) is 9.82 Å². The van der Waals surface area contributed by atoms with E-state index in [1.165, 1.54) is 31.5 Å². The van der Waals surface area contributed by atoms with Gasteiger partial charge in [0.05, 0.1) is 13.3 Å². The molecule has 13 heteroatoms. The van der Waals surface area contributed by atoms with Crippen LogP contribution < -0.4 is 14.3 Å². The highest BCUT2D eigenvalue weighted by atomic mass is 32.2. The number of halogens is 1. The van der Waals surface area contributed by atoms with E-state index in [1.807, 2.05) is 30.3 Å². The zero-order valence-corrected chi connectivity index (χ0v) is 19.6. The Balaban J connectivity index is 1.37. The van der Waals surface area contributed by atoms with Crippen LogP contribution in [0.1, 0.15) is 5.56 Å². The molecule has 4 aromatic rings. The molecule has 0 saturated carbocycles. The van der Waals surface area contributed by atoms with Crippen LogP contribution in [0.25, 0.3) is 11.4 Å². The molecule has 1 amide bonds. The van der Waals surface area contributed by atoms with Crippen LogP contribution >= 0.6 is 0 Å². The van der Waals surface area contributed by atoms with E-state index in [1.54, 1.807) is 0 Å². The number of carbonyl (C=O) groups excluding carboxylic acids is 1. The lowest BCUT2D eigenvalue weighted by Crippen LogP contribution is -2.24. The summed E-state index contributed by atoms with van der Waals surface area (Å²) < 4.78 is 48.3. The van der Waals surface area contributed by atoms with Crippen LogP contribution in [0.15, 0.2) is 82.8 Å². The smallest absolute Gasteiger partial charge is 0.339 e. The van der Waals surface area contributed by atoms with Crippen molar-refractivity contribution in [2.24, 2.45) is 5.10 Å². The molecule has 4 rings (SSSR count). The van der Waals surface area contributed by atoms with Gasteiger partial charge in [0.1, 0.15) is 17.3 Å². The second-order valence-corrected chi connectivity index (χ2v) is 8.75. The maximum atomic E-state index is 13.1. The van der Waals surface area contributed by atoms with Crippen LogP contribution in [0.2, 0.25) is 0 Å². The van der Waals surface area contributed by atoms with Gasteiger partial charge in [0.2, 0.25) is 5.82 Å². The Hall–Kier alpha value is -4.65. The van der Waals surface area contributed by atoms with Crippen LogP contribution in [0.5, 0.6) is 11.5 Å². The first-order valence-corrected chi connectivity index (χ1v) is 11.8. The van der Waals surface area contributed by atoms with Gasteiger partial charge in [-0.2, -0.15) is 18.3 Å². The van der Waals surface area contributed by atoms with Gasteiger partial charge in [0.15, 0.2) is 11.5 Å². The number of amides is 1. The van der Waals surface area contributed by atoms with E-state index in [-0.39, 0.29) is 22.9 Å². The Morgan fingerprint density at radius 1 is 1.08 bits per heavy atom. The van der Waals surface area contributed by atoms with Gasteiger partial charge in [-0.15, -0.1) is 10.2 Å². The molecule has 36 heavy (non-hydrogen) atoms. The van der Waals surface area contributed by atoms with Crippen LogP contribution in [-0.2, 0) is 21.5 Å². The van der Waals surface area contributed by atoms with Crippen molar-refractivity contribution in [3.8, 4) is 22.9 Å². The van der Waals surface area contributed by atoms with Crippen LogP contribution in [0, 0.1) is 5.82 Å². The molecule has 0 aliphatic carbocycles. The number of nitrogens with zero attached hydrogens (tertiary/aromatic N) is 5. The molecular formula is C23H19FN6O5S. The average molecular weight is 511 g/mol. The van der Waals surface area contributed by atoms with Crippen molar-refractivity contribution in [3.63, 3.8) is 0 Å². The summed E-state index contributed by atoms with van der Waals surface area (Å²) in [7, 11) is -2.87. The number of nitrogens with one attached hydrogen (secondary N) is 1. The quantitative estimate of drug-likeness (QED) is 0.206. The molecule has 1 heterocycles. The van der Waals surface area contributed by atoms with Crippen molar-refractivity contribution in [1.29, 1.82) is 0 Å². The van der Waals surface area contributed by atoms with E-state index >= 15 is 0 Å². The second kappa shape index (κ2) is 10.7. The normalized spacial score (nSPS) is 11.4. The van der Waals surface area contributed by atoms with Crippen molar-refractivity contribution >= 4 is 22.2 Å². The topological polar surface area (TPSA) is 138 Å². The highest BCUT2D eigenvalue weighted by Gasteiger charge is 2.19. The van der Waals surface area contributed by atoms with Gasteiger partial charge in [-0.05, 0) is 53.2 Å². The monoisotopic (exact) mass is 510 g/mol. The molecule has 0 spiro atoms. The minimum atomic E-state index is -4.21. The van der Waals surface area contributed by atoms with Crippen LogP contribution in [-0.4, -0.2) is 47.9 Å². The van der Waals surface area contributed by atoms with Crippen LogP contribution in [0.4, 0.5) is 4.39 Å². The Morgan fingerprint density at radius 2 is 1.83 bits per heavy atom. The molecule has 3 aromatic carbocycles. The number of aromatic nitrogens is 4. The predicted octanol–water partition coefficient (Wildman–Crippen LogP) is 2.41. The van der Waals surface area contributed by atoms with Crippen LogP contribution in [0.3, 0.4) is 0 Å². The highest BCUT2D eigenvalue weighted by Crippen LogP contribution is 2.30. The van der Waals surface area contributed by atoms with E-state index in [4.69, 9.17) is 8.92 Å². The fraction of sp³-hybridized carbons (Fsp3) is 0.0870. The summed E-state index contributed by atoms with van der Waals surface area (Å²) in [5.74, 6) is -0.634. The van der Waals surface area contributed by atoms with Gasteiger partial charge in [-0.3, -0.25) is 4.79 Å². The molecule has 0 aliphatic rings. The standard InChI is InChI=1S/C23H19FN6O5S/c1-34-21-13-16(7-12-20(21)35-36(32,33)19-10-8-18(24)9-11-19)14-25-26-22(31)15-30-28-23(27-29-30)17-5-3-2-4-6-17/h2-14H,15H2,1H3,(H,26,31)/b25-14+. The summed E-state index contributed by atoms with van der Waals surface area (Å²) in [6.45, 7) is -0.200. The van der Waals surface area contributed by atoms with Crippen molar-refractivity contribution in [2.75, 3.05) is 7.11 Å². The Bertz CT molecular complexity index is 1490. The Labute approximate surface area is 205 Å². The number of hydrazone groups is 1. The molecule has 0 fully saturated rings. The summed E-state index contributed by atoms with van der Waals surface area (Å²) in [4.78, 5) is 13.1. The maximum Gasteiger partial charge on any atom is 0.339 e. The lowest BCUT2D eigenvalue weighted by atomic mass is 10.2. The zero-order valence-electron chi connectivity index (χ0n) is 18.8. The molecule has 1 N–H and O–H groups in total. The summed E-state index contributed by atoms with van der Waals surface area (Å²) in [6.07, 6.45) is 1.34. The summed E-state index contributed by atoms with van der Waals surface area (Å²) in [5, 5.41) is 15.8. The fourth-order valence-electron chi connectivity index (χ4n) is 2.96. The Kier molecular flexibility index (Phi) is 7.30. The Morgan fingerprint density at radius 3 is 2.56 bits per heavy atom. The van der Waals surface area contributed by atoms with Crippen molar-refractivity contribution in [2.45, 2.75) is 11.4 Å². The molecule has 0 radical (unpaired) electrons. The van der Waals surface area contributed by atoms with E-state index in [2.05, 4.69) is 25.9 Å². The predicted molar refractivity (Wildman–Crippen MR) is 126 cm³/mol. The number of hydrogen-bond donors (Lipinski definition) is 1. The molecule has 184 valence electrons. The molecule has 0 saturated heterocycles. The van der Waals surface area contributed by atoms with Gasteiger partial charge in [0.25, 0.3) is 5.91 Å². The first-order valence-electron chi connectivity index (χ1n) is 10.4. The molecule has 0 unspecified atom stereocenters. The molecule has 11 nitrogen and oxygen atoms in total. The average Bonchev–Trinajstić information content (AvgIpc) is 3.34. The minimum Gasteiger partial charge on any atom is -0.493 e. The van der Waals surface area contributed by atoms with Gasteiger partial charge in [0, 0.05) is 5.56 Å². The van der Waals surface area contributed by atoms with E-state index in [9.17, 15) is 17.6 Å². The third kappa shape index (κ3) is 6.07. The number of hydrogen-bond acceptors (Lipinski definition) is 9. The van der Waals surface area contributed by atoms with Crippen molar-refractivity contribution in [3.05, 3.63) is 84.2 Å². The SMILES string of the molecule is COc1cc(/C=N/NC(=O)Cn2nnc(-c3ccccc3)n2)ccc1OS(=O)(=O)c1ccc(F)cc1.